The van der Waals surface area contributed by atoms with Crippen LogP contribution in [0.25, 0.3) is 0 Å². The highest BCUT2D eigenvalue weighted by Crippen LogP contribution is 2.25. The van der Waals surface area contributed by atoms with E-state index in [2.05, 4.69) is 10.6 Å². The highest BCUT2D eigenvalue weighted by Gasteiger charge is 2.35. The monoisotopic (exact) mass is 259 g/mol. The largest absolute Gasteiger partial charge is 0.481 e. The number of carboxylic acid groups (broad SMARTS) is 1. The van der Waals surface area contributed by atoms with Crippen LogP contribution in [0.5, 0.6) is 0 Å². The molecule has 0 radical (unpaired) electrons. The first kappa shape index (κ1) is 16.2. The van der Waals surface area contributed by atoms with Crippen LogP contribution in [0.2, 0.25) is 0 Å². The molecule has 0 aliphatic carbocycles. The van der Waals surface area contributed by atoms with Gasteiger partial charge in [0.2, 0.25) is 5.91 Å². The normalized spacial score (nSPS) is 12.6. The molecule has 0 fully saturated rings. The van der Waals surface area contributed by atoms with Gasteiger partial charge in [-0.25, -0.2) is 4.79 Å². The fourth-order valence-corrected chi connectivity index (χ4v) is 1.45. The van der Waals surface area contributed by atoms with Gasteiger partial charge in [-0.15, -0.1) is 0 Å². The Morgan fingerprint density at radius 3 is 2.11 bits per heavy atom. The molecule has 0 saturated heterocycles. The van der Waals surface area contributed by atoms with Crippen molar-refractivity contribution >= 4 is 17.9 Å². The summed E-state index contributed by atoms with van der Waals surface area (Å²) >= 11 is 0. The predicted octanol–water partition coefficient (Wildman–Crippen LogP) is 0.0504. The average molecular weight is 259 g/mol. The van der Waals surface area contributed by atoms with Gasteiger partial charge < -0.3 is 21.5 Å². The Labute approximate surface area is 106 Å². The van der Waals surface area contributed by atoms with Gasteiger partial charge in [-0.2, -0.15) is 0 Å². The fraction of sp³-hybridized carbons (Fsp3) is 0.727. The molecule has 0 saturated carbocycles. The van der Waals surface area contributed by atoms with Crippen molar-refractivity contribution in [2.24, 2.45) is 11.1 Å². The van der Waals surface area contributed by atoms with Crippen molar-refractivity contribution in [1.82, 2.24) is 10.6 Å². The highest BCUT2D eigenvalue weighted by atomic mass is 16.4. The van der Waals surface area contributed by atoms with Crippen molar-refractivity contribution in [2.75, 3.05) is 6.54 Å². The number of carbonyl (C=O) groups excluding carboxylic acids is 2. The fourth-order valence-electron chi connectivity index (χ4n) is 1.45. The molecule has 0 rings (SSSR count). The molecular weight excluding hydrogens is 238 g/mol. The molecule has 5 N–H and O–H groups in total. The number of urea groups is 1. The molecule has 18 heavy (non-hydrogen) atoms. The summed E-state index contributed by atoms with van der Waals surface area (Å²) in [6.45, 7) is 4.96. The van der Waals surface area contributed by atoms with Gasteiger partial charge in [-0.05, 0) is 19.8 Å². The Balaban J connectivity index is 4.41. The van der Waals surface area contributed by atoms with E-state index in [-0.39, 0.29) is 6.54 Å². The summed E-state index contributed by atoms with van der Waals surface area (Å²) in [5.74, 6) is -1.60. The van der Waals surface area contributed by atoms with Crippen LogP contribution in [0.3, 0.4) is 0 Å². The first-order chi connectivity index (χ1) is 8.29. The second-order valence-corrected chi connectivity index (χ2v) is 4.24. The van der Waals surface area contributed by atoms with Gasteiger partial charge in [0.1, 0.15) is 6.04 Å². The topological polar surface area (TPSA) is 122 Å². The number of nitrogens with two attached hydrogens (primary N) is 1. The van der Waals surface area contributed by atoms with E-state index in [1.807, 2.05) is 0 Å². The first-order valence-corrected chi connectivity index (χ1v) is 5.86. The molecule has 0 spiro atoms. The Morgan fingerprint density at radius 2 is 1.78 bits per heavy atom. The van der Waals surface area contributed by atoms with E-state index < -0.39 is 29.4 Å². The van der Waals surface area contributed by atoms with Crippen LogP contribution in [0, 0.1) is 5.41 Å². The molecule has 1 unspecified atom stereocenters. The third-order valence-electron chi connectivity index (χ3n) is 3.17. The SMILES string of the molecule is CCC(CC)(CNC(=O)NC(C)C(N)=O)C(=O)O. The maximum absolute atomic E-state index is 11.4. The maximum atomic E-state index is 11.4. The minimum absolute atomic E-state index is 0.00660. The molecule has 0 aromatic heterocycles. The quantitative estimate of drug-likeness (QED) is 0.516. The molecule has 0 heterocycles. The summed E-state index contributed by atoms with van der Waals surface area (Å²) in [4.78, 5) is 33.4. The zero-order valence-electron chi connectivity index (χ0n) is 10.9. The molecule has 7 heteroatoms. The zero-order valence-corrected chi connectivity index (χ0v) is 10.9. The van der Waals surface area contributed by atoms with Crippen LogP contribution >= 0.6 is 0 Å². The van der Waals surface area contributed by atoms with E-state index in [9.17, 15) is 14.4 Å². The van der Waals surface area contributed by atoms with Crippen molar-refractivity contribution in [1.29, 1.82) is 0 Å². The van der Waals surface area contributed by atoms with Gasteiger partial charge in [0, 0.05) is 6.54 Å². The number of aliphatic carboxylic acids is 1. The van der Waals surface area contributed by atoms with E-state index in [0.29, 0.717) is 12.8 Å². The lowest BCUT2D eigenvalue weighted by Crippen LogP contribution is -2.50. The number of nitrogens with one attached hydrogen (secondary N) is 2. The Hall–Kier alpha value is -1.79. The van der Waals surface area contributed by atoms with E-state index in [1.165, 1.54) is 6.92 Å². The number of primary amides is 1. The summed E-state index contributed by atoms with van der Waals surface area (Å²) in [6.07, 6.45) is 0.814. The van der Waals surface area contributed by atoms with Gasteiger partial charge in [0.25, 0.3) is 0 Å². The summed E-state index contributed by atoms with van der Waals surface area (Å²) in [5.41, 5.74) is 4.01. The van der Waals surface area contributed by atoms with Gasteiger partial charge in [0.15, 0.2) is 0 Å². The van der Waals surface area contributed by atoms with Crippen LogP contribution in [0.1, 0.15) is 33.6 Å². The second kappa shape index (κ2) is 6.83. The zero-order chi connectivity index (χ0) is 14.3. The molecule has 0 aromatic rings. The number of hydrogen-bond acceptors (Lipinski definition) is 3. The van der Waals surface area contributed by atoms with Gasteiger partial charge in [-0.1, -0.05) is 13.8 Å². The van der Waals surface area contributed by atoms with Crippen LogP contribution in [0.15, 0.2) is 0 Å². The van der Waals surface area contributed by atoms with Gasteiger partial charge in [0.05, 0.1) is 5.41 Å². The van der Waals surface area contributed by atoms with Crippen LogP contribution < -0.4 is 16.4 Å². The molecular formula is C11H21N3O4. The lowest BCUT2D eigenvalue weighted by atomic mass is 9.82. The standard InChI is InChI=1S/C11H21N3O4/c1-4-11(5-2,9(16)17)6-13-10(18)14-7(3)8(12)15/h7H,4-6H2,1-3H3,(H2,12,15)(H,16,17)(H2,13,14,18). The smallest absolute Gasteiger partial charge is 0.315 e. The number of amides is 3. The summed E-state index contributed by atoms with van der Waals surface area (Å²) < 4.78 is 0. The van der Waals surface area contributed by atoms with E-state index >= 15 is 0 Å². The molecule has 0 aliphatic heterocycles. The van der Waals surface area contributed by atoms with Crippen LogP contribution in [-0.4, -0.2) is 35.6 Å². The van der Waals surface area contributed by atoms with E-state index in [4.69, 9.17) is 10.8 Å². The number of rotatable bonds is 7. The Morgan fingerprint density at radius 1 is 1.28 bits per heavy atom. The summed E-state index contributed by atoms with van der Waals surface area (Å²) in [7, 11) is 0. The van der Waals surface area contributed by atoms with Crippen molar-refractivity contribution in [2.45, 2.75) is 39.7 Å². The second-order valence-electron chi connectivity index (χ2n) is 4.24. The molecule has 7 nitrogen and oxygen atoms in total. The number of carboxylic acids is 1. The average Bonchev–Trinajstić information content (AvgIpc) is 2.30. The lowest BCUT2D eigenvalue weighted by molar-refractivity contribution is -0.149. The van der Waals surface area contributed by atoms with Crippen molar-refractivity contribution in [3.8, 4) is 0 Å². The summed E-state index contributed by atoms with van der Waals surface area (Å²) in [5, 5.41) is 13.9. The van der Waals surface area contributed by atoms with Crippen LogP contribution in [0.4, 0.5) is 4.79 Å². The molecule has 104 valence electrons. The van der Waals surface area contributed by atoms with Crippen molar-refractivity contribution in [3.63, 3.8) is 0 Å². The molecule has 0 aliphatic rings. The minimum Gasteiger partial charge on any atom is -0.481 e. The third-order valence-corrected chi connectivity index (χ3v) is 3.17. The van der Waals surface area contributed by atoms with E-state index in [0.717, 1.165) is 0 Å². The highest BCUT2D eigenvalue weighted by molar-refractivity contribution is 5.85. The molecule has 0 bridgehead atoms. The van der Waals surface area contributed by atoms with Crippen LogP contribution in [-0.2, 0) is 9.59 Å². The van der Waals surface area contributed by atoms with Crippen molar-refractivity contribution in [3.05, 3.63) is 0 Å². The summed E-state index contributed by atoms with van der Waals surface area (Å²) in [6, 6.07) is -1.40. The van der Waals surface area contributed by atoms with Gasteiger partial charge >= 0.3 is 12.0 Å². The number of carbonyl (C=O) groups is 3. The van der Waals surface area contributed by atoms with E-state index in [1.54, 1.807) is 13.8 Å². The molecule has 0 aromatic carbocycles. The first-order valence-electron chi connectivity index (χ1n) is 5.86. The Kier molecular flexibility index (Phi) is 6.15. The number of hydrogen-bond donors (Lipinski definition) is 4. The molecule has 1 atom stereocenters. The third kappa shape index (κ3) is 4.23. The van der Waals surface area contributed by atoms with Crippen molar-refractivity contribution < 1.29 is 19.5 Å². The maximum Gasteiger partial charge on any atom is 0.315 e. The predicted molar refractivity (Wildman–Crippen MR) is 65.8 cm³/mol. The van der Waals surface area contributed by atoms with Gasteiger partial charge in [-0.3, -0.25) is 9.59 Å². The molecule has 3 amide bonds. The minimum atomic E-state index is -0.979. The Bertz CT molecular complexity index is 326. The lowest BCUT2D eigenvalue weighted by Gasteiger charge is -2.27.